The number of amides is 1. The van der Waals surface area contributed by atoms with Crippen LogP contribution in [0.3, 0.4) is 0 Å². The molecule has 1 amide bonds. The van der Waals surface area contributed by atoms with E-state index in [1.165, 1.54) is 22.2 Å². The molecule has 0 spiro atoms. The van der Waals surface area contributed by atoms with Crippen LogP contribution >= 0.6 is 11.3 Å². The molecular weight excluding hydrogens is 274 g/mol. The Morgan fingerprint density at radius 2 is 2.25 bits per heavy atom. The maximum Gasteiger partial charge on any atom is 0.262 e. The molecule has 2 rings (SSSR count). The largest absolute Gasteiger partial charge is 0.345 e. The Morgan fingerprint density at radius 1 is 1.50 bits per heavy atom. The summed E-state index contributed by atoms with van der Waals surface area (Å²) < 4.78 is 1.51. The molecule has 0 aliphatic heterocycles. The van der Waals surface area contributed by atoms with Crippen LogP contribution in [0.2, 0.25) is 0 Å². The highest BCUT2D eigenvalue weighted by molar-refractivity contribution is 7.16. The van der Waals surface area contributed by atoms with Crippen molar-refractivity contribution in [1.82, 2.24) is 14.5 Å². The number of nitrogens with zero attached hydrogens (tertiary/aromatic N) is 3. The highest BCUT2D eigenvalue weighted by Gasteiger charge is 2.11. The Morgan fingerprint density at radius 3 is 2.95 bits per heavy atom. The molecule has 0 saturated carbocycles. The molecule has 0 aromatic carbocycles. The third-order valence-corrected chi connectivity index (χ3v) is 3.90. The van der Waals surface area contributed by atoms with Gasteiger partial charge < -0.3 is 4.90 Å². The maximum absolute atomic E-state index is 12.2. The topological polar surface area (TPSA) is 55.2 Å². The number of aromatic nitrogens is 2. The van der Waals surface area contributed by atoms with E-state index in [1.807, 2.05) is 5.38 Å². The van der Waals surface area contributed by atoms with E-state index >= 15 is 0 Å². The summed E-state index contributed by atoms with van der Waals surface area (Å²) in [6, 6.07) is 1.78. The average molecular weight is 293 g/mol. The zero-order valence-electron chi connectivity index (χ0n) is 12.0. The van der Waals surface area contributed by atoms with Crippen LogP contribution in [0.1, 0.15) is 20.3 Å². The molecule has 0 N–H and O–H groups in total. The second-order valence-electron chi connectivity index (χ2n) is 5.30. The fourth-order valence-corrected chi connectivity index (χ4v) is 2.83. The molecule has 0 aliphatic rings. The fraction of sp³-hybridized carbons (Fsp3) is 0.500. The Hall–Kier alpha value is -1.69. The summed E-state index contributed by atoms with van der Waals surface area (Å²) in [6.07, 6.45) is 1.84. The lowest BCUT2D eigenvalue weighted by molar-refractivity contribution is -0.130. The Bertz CT molecular complexity index is 660. The number of hydrogen-bond acceptors (Lipinski definition) is 4. The first-order chi connectivity index (χ1) is 9.49. The quantitative estimate of drug-likeness (QED) is 0.847. The van der Waals surface area contributed by atoms with Crippen LogP contribution in [0.4, 0.5) is 0 Å². The van der Waals surface area contributed by atoms with Crippen LogP contribution in [0.25, 0.3) is 10.2 Å². The van der Waals surface area contributed by atoms with Crippen LogP contribution in [0.5, 0.6) is 0 Å². The summed E-state index contributed by atoms with van der Waals surface area (Å²) in [5, 5.41) is 2.48. The van der Waals surface area contributed by atoms with Crippen molar-refractivity contribution in [3.63, 3.8) is 0 Å². The average Bonchev–Trinajstić information content (AvgIpc) is 2.86. The first-order valence-electron chi connectivity index (χ1n) is 6.65. The van der Waals surface area contributed by atoms with Gasteiger partial charge in [0.15, 0.2) is 0 Å². The van der Waals surface area contributed by atoms with Crippen molar-refractivity contribution in [3.8, 4) is 0 Å². The molecule has 0 atom stereocenters. The molecular formula is C14H19N3O2S. The van der Waals surface area contributed by atoms with Crippen LogP contribution in [0, 0.1) is 5.92 Å². The molecule has 20 heavy (non-hydrogen) atoms. The Balaban J connectivity index is 2.04. The lowest BCUT2D eigenvalue weighted by Crippen LogP contribution is -2.32. The van der Waals surface area contributed by atoms with Gasteiger partial charge in [-0.25, -0.2) is 4.98 Å². The number of aryl methyl sites for hydroxylation is 1. The monoisotopic (exact) mass is 293 g/mol. The van der Waals surface area contributed by atoms with Crippen molar-refractivity contribution in [3.05, 3.63) is 28.1 Å². The van der Waals surface area contributed by atoms with Crippen molar-refractivity contribution in [2.24, 2.45) is 5.92 Å². The SMILES string of the molecule is CC(C)CN(C)C(=O)CCn1cnc2sccc2c1=O. The second kappa shape index (κ2) is 6.17. The number of fused-ring (bicyclic) bond motifs is 1. The van der Waals surface area contributed by atoms with Crippen molar-refractivity contribution in [2.75, 3.05) is 13.6 Å². The van der Waals surface area contributed by atoms with Crippen LogP contribution in [-0.2, 0) is 11.3 Å². The van der Waals surface area contributed by atoms with Gasteiger partial charge in [-0.15, -0.1) is 11.3 Å². The molecule has 0 radical (unpaired) electrons. The number of hydrogen-bond donors (Lipinski definition) is 0. The molecule has 5 nitrogen and oxygen atoms in total. The normalized spacial score (nSPS) is 11.2. The first-order valence-corrected chi connectivity index (χ1v) is 7.53. The summed E-state index contributed by atoms with van der Waals surface area (Å²) in [6.45, 7) is 5.25. The predicted octanol–water partition coefficient (Wildman–Crippen LogP) is 1.96. The van der Waals surface area contributed by atoms with Gasteiger partial charge in [0.05, 0.1) is 11.7 Å². The standard InChI is InChI=1S/C14H19N3O2S/c1-10(2)8-16(3)12(18)4-6-17-9-15-13-11(14(17)19)5-7-20-13/h5,7,9-10H,4,6,8H2,1-3H3. The van der Waals surface area contributed by atoms with E-state index < -0.39 is 0 Å². The highest BCUT2D eigenvalue weighted by Crippen LogP contribution is 2.13. The zero-order chi connectivity index (χ0) is 14.7. The van der Waals surface area contributed by atoms with Gasteiger partial charge in [-0.2, -0.15) is 0 Å². The van der Waals surface area contributed by atoms with E-state index in [9.17, 15) is 9.59 Å². The van der Waals surface area contributed by atoms with E-state index in [1.54, 1.807) is 18.0 Å². The summed E-state index contributed by atoms with van der Waals surface area (Å²) in [7, 11) is 1.80. The lowest BCUT2D eigenvalue weighted by Gasteiger charge is -2.19. The predicted molar refractivity (Wildman–Crippen MR) is 81.0 cm³/mol. The number of rotatable bonds is 5. The zero-order valence-corrected chi connectivity index (χ0v) is 12.8. The fourth-order valence-electron chi connectivity index (χ4n) is 2.11. The van der Waals surface area contributed by atoms with Gasteiger partial charge in [-0.05, 0) is 17.4 Å². The summed E-state index contributed by atoms with van der Waals surface area (Å²) in [5.74, 6) is 0.492. The van der Waals surface area contributed by atoms with Crippen LogP contribution < -0.4 is 5.56 Å². The van der Waals surface area contributed by atoms with E-state index in [2.05, 4.69) is 18.8 Å². The minimum atomic E-state index is -0.0736. The lowest BCUT2D eigenvalue weighted by atomic mass is 10.2. The second-order valence-corrected chi connectivity index (χ2v) is 6.20. The molecule has 0 unspecified atom stereocenters. The molecule has 108 valence electrons. The minimum absolute atomic E-state index is 0.0519. The van der Waals surface area contributed by atoms with Gasteiger partial charge in [0.1, 0.15) is 4.83 Å². The van der Waals surface area contributed by atoms with Gasteiger partial charge in [-0.1, -0.05) is 13.8 Å². The summed E-state index contributed by atoms with van der Waals surface area (Å²) >= 11 is 1.45. The van der Waals surface area contributed by atoms with E-state index in [0.717, 1.165) is 11.4 Å². The first kappa shape index (κ1) is 14.7. The van der Waals surface area contributed by atoms with Crippen LogP contribution in [0.15, 0.2) is 22.6 Å². The molecule has 0 aliphatic carbocycles. The molecule has 0 saturated heterocycles. The molecule has 2 heterocycles. The van der Waals surface area contributed by atoms with Gasteiger partial charge >= 0.3 is 0 Å². The molecule has 6 heteroatoms. The maximum atomic E-state index is 12.2. The van der Waals surface area contributed by atoms with Gasteiger partial charge in [0.2, 0.25) is 5.91 Å². The molecule has 0 fully saturated rings. The van der Waals surface area contributed by atoms with Crippen molar-refractivity contribution < 1.29 is 4.79 Å². The van der Waals surface area contributed by atoms with Gasteiger partial charge in [-0.3, -0.25) is 14.2 Å². The minimum Gasteiger partial charge on any atom is -0.345 e. The molecule has 2 aromatic rings. The molecule has 0 bridgehead atoms. The van der Waals surface area contributed by atoms with Crippen molar-refractivity contribution in [2.45, 2.75) is 26.8 Å². The van der Waals surface area contributed by atoms with E-state index in [0.29, 0.717) is 24.3 Å². The summed E-state index contributed by atoms with van der Waals surface area (Å²) in [4.78, 5) is 30.8. The van der Waals surface area contributed by atoms with Crippen molar-refractivity contribution >= 4 is 27.5 Å². The van der Waals surface area contributed by atoms with Crippen molar-refractivity contribution in [1.29, 1.82) is 0 Å². The van der Waals surface area contributed by atoms with E-state index in [4.69, 9.17) is 0 Å². The third-order valence-electron chi connectivity index (χ3n) is 3.08. The van der Waals surface area contributed by atoms with E-state index in [-0.39, 0.29) is 11.5 Å². The number of thiophene rings is 1. The summed E-state index contributed by atoms with van der Waals surface area (Å²) in [5.41, 5.74) is -0.0736. The van der Waals surface area contributed by atoms with Gasteiger partial charge in [0, 0.05) is 26.6 Å². The Kier molecular flexibility index (Phi) is 4.54. The smallest absolute Gasteiger partial charge is 0.262 e. The van der Waals surface area contributed by atoms with Crippen LogP contribution in [-0.4, -0.2) is 34.0 Å². The highest BCUT2D eigenvalue weighted by atomic mass is 32.1. The Labute approximate surface area is 121 Å². The number of carbonyl (C=O) groups excluding carboxylic acids is 1. The number of carbonyl (C=O) groups is 1. The third kappa shape index (κ3) is 3.25. The van der Waals surface area contributed by atoms with Gasteiger partial charge in [0.25, 0.3) is 5.56 Å². The molecule has 2 aromatic heterocycles.